The van der Waals surface area contributed by atoms with Crippen LogP contribution in [0.4, 0.5) is 4.39 Å². The van der Waals surface area contributed by atoms with Crippen molar-refractivity contribution in [1.82, 2.24) is 0 Å². The summed E-state index contributed by atoms with van der Waals surface area (Å²) < 4.78 is 18.0. The van der Waals surface area contributed by atoms with Gasteiger partial charge in [-0.25, -0.2) is 4.39 Å². The summed E-state index contributed by atoms with van der Waals surface area (Å²) >= 11 is 0. The monoisotopic (exact) mass is 221 g/mol. The lowest BCUT2D eigenvalue weighted by molar-refractivity contribution is -0.117. The van der Waals surface area contributed by atoms with Crippen molar-refractivity contribution in [2.24, 2.45) is 0 Å². The molecule has 0 bridgehead atoms. The fourth-order valence-corrected chi connectivity index (χ4v) is 1.41. The van der Waals surface area contributed by atoms with Crippen molar-refractivity contribution in [2.45, 2.75) is 19.4 Å². The molecule has 0 saturated carbocycles. The SMILES string of the molecule is CCOC(C=O)Cc1ccc(F)cc1C#N. The first-order chi connectivity index (χ1) is 7.71. The van der Waals surface area contributed by atoms with Gasteiger partial charge in [0.1, 0.15) is 18.2 Å². The highest BCUT2D eigenvalue weighted by molar-refractivity contribution is 5.57. The number of nitrogens with zero attached hydrogens (tertiary/aromatic N) is 1. The Hall–Kier alpha value is -1.73. The van der Waals surface area contributed by atoms with Gasteiger partial charge in [0.05, 0.1) is 11.6 Å². The fourth-order valence-electron chi connectivity index (χ4n) is 1.41. The standard InChI is InChI=1S/C12H12FNO2/c1-2-16-12(8-15)6-9-3-4-11(13)5-10(9)7-14/h3-5,8,12H,2,6H2,1H3. The van der Waals surface area contributed by atoms with Gasteiger partial charge in [0.2, 0.25) is 0 Å². The maximum atomic E-state index is 12.8. The number of nitriles is 1. The smallest absolute Gasteiger partial charge is 0.149 e. The molecule has 1 rings (SSSR count). The molecule has 84 valence electrons. The first-order valence-electron chi connectivity index (χ1n) is 4.96. The number of halogens is 1. The molecule has 0 N–H and O–H groups in total. The number of ether oxygens (including phenoxy) is 1. The number of carbonyl (C=O) groups is 1. The summed E-state index contributed by atoms with van der Waals surface area (Å²) in [7, 11) is 0. The zero-order chi connectivity index (χ0) is 12.0. The Labute approximate surface area is 93.5 Å². The fraction of sp³-hybridized carbons (Fsp3) is 0.333. The third-order valence-electron chi connectivity index (χ3n) is 2.15. The van der Waals surface area contributed by atoms with Gasteiger partial charge in [-0.1, -0.05) is 6.07 Å². The Morgan fingerprint density at radius 3 is 2.94 bits per heavy atom. The minimum Gasteiger partial charge on any atom is -0.371 e. The molecule has 0 aliphatic rings. The van der Waals surface area contributed by atoms with Crippen molar-refractivity contribution < 1.29 is 13.9 Å². The molecule has 16 heavy (non-hydrogen) atoms. The molecule has 1 atom stereocenters. The van der Waals surface area contributed by atoms with Crippen LogP contribution in [0.3, 0.4) is 0 Å². The highest BCUT2D eigenvalue weighted by Gasteiger charge is 2.11. The van der Waals surface area contributed by atoms with Gasteiger partial charge < -0.3 is 9.53 Å². The van der Waals surface area contributed by atoms with Crippen LogP contribution in [0, 0.1) is 17.1 Å². The maximum Gasteiger partial charge on any atom is 0.149 e. The average molecular weight is 221 g/mol. The highest BCUT2D eigenvalue weighted by atomic mass is 19.1. The molecule has 0 aliphatic heterocycles. The van der Waals surface area contributed by atoms with E-state index in [0.29, 0.717) is 24.9 Å². The molecule has 3 nitrogen and oxygen atoms in total. The van der Waals surface area contributed by atoms with Crippen molar-refractivity contribution in [1.29, 1.82) is 5.26 Å². The molecule has 0 fully saturated rings. The number of carbonyl (C=O) groups excluding carboxylic acids is 1. The molecule has 0 aliphatic carbocycles. The normalized spacial score (nSPS) is 11.8. The lowest BCUT2D eigenvalue weighted by Gasteiger charge is -2.11. The van der Waals surface area contributed by atoms with Crippen molar-refractivity contribution in [3.05, 3.63) is 35.1 Å². The third kappa shape index (κ3) is 3.14. The molecule has 0 amide bonds. The minimum atomic E-state index is -0.581. The molecular weight excluding hydrogens is 209 g/mol. The zero-order valence-electron chi connectivity index (χ0n) is 8.94. The van der Waals surface area contributed by atoms with Crippen LogP contribution in [0.2, 0.25) is 0 Å². The van der Waals surface area contributed by atoms with Gasteiger partial charge in [0.25, 0.3) is 0 Å². The molecule has 0 saturated heterocycles. The minimum absolute atomic E-state index is 0.242. The first-order valence-corrected chi connectivity index (χ1v) is 4.96. The van der Waals surface area contributed by atoms with E-state index in [1.54, 1.807) is 6.92 Å². The van der Waals surface area contributed by atoms with E-state index in [-0.39, 0.29) is 5.56 Å². The van der Waals surface area contributed by atoms with Gasteiger partial charge in [-0.3, -0.25) is 0 Å². The largest absolute Gasteiger partial charge is 0.371 e. The molecule has 0 spiro atoms. The van der Waals surface area contributed by atoms with Gasteiger partial charge >= 0.3 is 0 Å². The van der Waals surface area contributed by atoms with Crippen LogP contribution >= 0.6 is 0 Å². The van der Waals surface area contributed by atoms with E-state index in [4.69, 9.17) is 10.00 Å². The van der Waals surface area contributed by atoms with E-state index in [1.807, 2.05) is 6.07 Å². The van der Waals surface area contributed by atoms with Crippen LogP contribution in [0.5, 0.6) is 0 Å². The van der Waals surface area contributed by atoms with Gasteiger partial charge in [0, 0.05) is 13.0 Å². The summed E-state index contributed by atoms with van der Waals surface area (Å²) in [6, 6.07) is 5.82. The summed E-state index contributed by atoms with van der Waals surface area (Å²) in [5.41, 5.74) is 0.862. The van der Waals surface area contributed by atoms with Gasteiger partial charge in [0.15, 0.2) is 0 Å². The number of rotatable bonds is 5. The molecule has 1 aromatic carbocycles. The van der Waals surface area contributed by atoms with Crippen LogP contribution in [0.25, 0.3) is 0 Å². The molecule has 1 aromatic rings. The molecule has 0 heterocycles. The molecule has 0 aromatic heterocycles. The quantitative estimate of drug-likeness (QED) is 0.713. The summed E-state index contributed by atoms with van der Waals surface area (Å²) in [6.07, 6.45) is 0.400. The summed E-state index contributed by atoms with van der Waals surface area (Å²) in [4.78, 5) is 10.7. The van der Waals surface area contributed by atoms with E-state index in [1.165, 1.54) is 12.1 Å². The second kappa shape index (κ2) is 5.99. The van der Waals surface area contributed by atoms with Crippen LogP contribution in [0.1, 0.15) is 18.1 Å². The van der Waals surface area contributed by atoms with Crippen molar-refractivity contribution in [3.8, 4) is 6.07 Å². The Morgan fingerprint density at radius 1 is 1.62 bits per heavy atom. The summed E-state index contributed by atoms with van der Waals surface area (Å²) in [5.74, 6) is -0.459. The van der Waals surface area contributed by atoms with Crippen LogP contribution in [-0.2, 0) is 16.0 Å². The van der Waals surface area contributed by atoms with Crippen LogP contribution in [0.15, 0.2) is 18.2 Å². The number of hydrogen-bond acceptors (Lipinski definition) is 3. The third-order valence-corrected chi connectivity index (χ3v) is 2.15. The lowest BCUT2D eigenvalue weighted by atomic mass is 10.0. The van der Waals surface area contributed by atoms with Gasteiger partial charge in [-0.2, -0.15) is 5.26 Å². The maximum absolute atomic E-state index is 12.8. The van der Waals surface area contributed by atoms with Crippen LogP contribution < -0.4 is 0 Å². The Morgan fingerprint density at radius 2 is 2.38 bits per heavy atom. The van der Waals surface area contributed by atoms with Crippen LogP contribution in [-0.4, -0.2) is 19.0 Å². The van der Waals surface area contributed by atoms with E-state index < -0.39 is 11.9 Å². The molecule has 0 radical (unpaired) electrons. The topological polar surface area (TPSA) is 50.1 Å². The van der Waals surface area contributed by atoms with E-state index in [0.717, 1.165) is 6.07 Å². The van der Waals surface area contributed by atoms with E-state index in [9.17, 15) is 9.18 Å². The highest BCUT2D eigenvalue weighted by Crippen LogP contribution is 2.13. The predicted molar refractivity (Wildman–Crippen MR) is 56.3 cm³/mol. The molecule has 4 heteroatoms. The zero-order valence-corrected chi connectivity index (χ0v) is 8.94. The van der Waals surface area contributed by atoms with Crippen molar-refractivity contribution in [3.63, 3.8) is 0 Å². The second-order valence-corrected chi connectivity index (χ2v) is 3.25. The average Bonchev–Trinajstić information content (AvgIpc) is 2.30. The Bertz CT molecular complexity index is 412. The molecule has 1 unspecified atom stereocenters. The predicted octanol–water partition coefficient (Wildman–Crippen LogP) is 1.84. The lowest BCUT2D eigenvalue weighted by Crippen LogP contribution is -2.18. The molecular formula is C12H12FNO2. The van der Waals surface area contributed by atoms with E-state index in [2.05, 4.69) is 0 Å². The number of hydrogen-bond donors (Lipinski definition) is 0. The first kappa shape index (κ1) is 12.3. The van der Waals surface area contributed by atoms with Gasteiger partial charge in [-0.05, 0) is 24.6 Å². The van der Waals surface area contributed by atoms with E-state index >= 15 is 0 Å². The Kier molecular flexibility index (Phi) is 4.62. The second-order valence-electron chi connectivity index (χ2n) is 3.25. The van der Waals surface area contributed by atoms with Crippen molar-refractivity contribution >= 4 is 6.29 Å². The summed E-state index contributed by atoms with van der Waals surface area (Å²) in [6.45, 7) is 2.21. The number of aldehydes is 1. The van der Waals surface area contributed by atoms with Gasteiger partial charge in [-0.15, -0.1) is 0 Å². The van der Waals surface area contributed by atoms with Crippen molar-refractivity contribution in [2.75, 3.05) is 6.61 Å². The number of benzene rings is 1. The summed E-state index contributed by atoms with van der Waals surface area (Å²) in [5, 5.41) is 8.81. The Balaban J connectivity index is 2.88.